The van der Waals surface area contributed by atoms with Gasteiger partial charge < -0.3 is 4.90 Å². The van der Waals surface area contributed by atoms with Gasteiger partial charge in [-0.15, -0.1) is 0 Å². The lowest BCUT2D eigenvalue weighted by atomic mass is 9.86. The summed E-state index contributed by atoms with van der Waals surface area (Å²) >= 11 is 0. The number of rotatable bonds is 4. The Bertz CT molecular complexity index is 412. The van der Waals surface area contributed by atoms with E-state index >= 15 is 0 Å². The van der Waals surface area contributed by atoms with E-state index in [1.165, 1.54) is 62.9 Å². The van der Waals surface area contributed by atoms with Crippen LogP contribution in [0.3, 0.4) is 0 Å². The first-order valence-corrected chi connectivity index (χ1v) is 8.81. The SMILES string of the molecule is CCC1CCCN(CCc2ccc(C(C)(C)C)cc2)CC1. The van der Waals surface area contributed by atoms with Crippen LogP contribution >= 0.6 is 0 Å². The van der Waals surface area contributed by atoms with Gasteiger partial charge in [-0.05, 0) is 61.2 Å². The summed E-state index contributed by atoms with van der Waals surface area (Å²) in [7, 11) is 0. The third-order valence-electron chi connectivity index (χ3n) is 5.05. The molecule has 0 aromatic heterocycles. The number of benzene rings is 1. The summed E-state index contributed by atoms with van der Waals surface area (Å²) in [6, 6.07) is 9.27. The third-order valence-corrected chi connectivity index (χ3v) is 5.05. The Hall–Kier alpha value is -0.820. The molecule has 118 valence electrons. The van der Waals surface area contributed by atoms with E-state index < -0.39 is 0 Å². The van der Waals surface area contributed by atoms with Gasteiger partial charge in [-0.1, -0.05) is 58.4 Å². The lowest BCUT2D eigenvalue weighted by Gasteiger charge is -2.21. The molecule has 1 heteroatoms. The summed E-state index contributed by atoms with van der Waals surface area (Å²) in [6.45, 7) is 13.0. The van der Waals surface area contributed by atoms with Crippen molar-refractivity contribution in [1.82, 2.24) is 4.90 Å². The lowest BCUT2D eigenvalue weighted by Crippen LogP contribution is -2.27. The fourth-order valence-corrected chi connectivity index (χ4v) is 3.32. The molecule has 0 aliphatic carbocycles. The Morgan fingerprint density at radius 2 is 1.76 bits per heavy atom. The summed E-state index contributed by atoms with van der Waals surface area (Å²) < 4.78 is 0. The van der Waals surface area contributed by atoms with Gasteiger partial charge in [0.25, 0.3) is 0 Å². The second-order valence-electron chi connectivity index (χ2n) is 7.74. The number of hydrogen-bond donors (Lipinski definition) is 0. The molecule has 0 spiro atoms. The first-order valence-electron chi connectivity index (χ1n) is 8.81. The molecule has 1 aliphatic rings. The molecule has 1 aromatic rings. The van der Waals surface area contributed by atoms with E-state index in [1.54, 1.807) is 0 Å². The first kappa shape index (κ1) is 16.5. The Morgan fingerprint density at radius 1 is 1.05 bits per heavy atom. The molecule has 1 saturated heterocycles. The van der Waals surface area contributed by atoms with E-state index in [4.69, 9.17) is 0 Å². The van der Waals surface area contributed by atoms with Crippen molar-refractivity contribution in [2.24, 2.45) is 5.92 Å². The highest BCUT2D eigenvalue weighted by Crippen LogP contribution is 2.23. The van der Waals surface area contributed by atoms with E-state index in [0.717, 1.165) is 5.92 Å². The van der Waals surface area contributed by atoms with E-state index in [2.05, 4.69) is 56.9 Å². The van der Waals surface area contributed by atoms with Gasteiger partial charge in [0.1, 0.15) is 0 Å². The minimum absolute atomic E-state index is 0.262. The van der Waals surface area contributed by atoms with Crippen LogP contribution in [0.5, 0.6) is 0 Å². The fraction of sp³-hybridized carbons (Fsp3) is 0.700. The Kier molecular flexibility index (Phi) is 5.87. The van der Waals surface area contributed by atoms with Crippen LogP contribution in [0.4, 0.5) is 0 Å². The molecule has 1 fully saturated rings. The third kappa shape index (κ3) is 5.14. The largest absolute Gasteiger partial charge is 0.303 e. The predicted octanol–water partition coefficient (Wildman–Crippen LogP) is 5.04. The monoisotopic (exact) mass is 287 g/mol. The van der Waals surface area contributed by atoms with Crippen LogP contribution in [-0.4, -0.2) is 24.5 Å². The molecular weight excluding hydrogens is 254 g/mol. The first-order chi connectivity index (χ1) is 9.99. The van der Waals surface area contributed by atoms with Crippen LogP contribution in [-0.2, 0) is 11.8 Å². The highest BCUT2D eigenvalue weighted by Gasteiger charge is 2.16. The van der Waals surface area contributed by atoms with E-state index in [0.29, 0.717) is 0 Å². The van der Waals surface area contributed by atoms with Crippen molar-refractivity contribution in [2.45, 2.75) is 65.2 Å². The molecule has 0 radical (unpaired) electrons. The van der Waals surface area contributed by atoms with Crippen molar-refractivity contribution in [3.63, 3.8) is 0 Å². The van der Waals surface area contributed by atoms with Crippen LogP contribution in [0.2, 0.25) is 0 Å². The fourth-order valence-electron chi connectivity index (χ4n) is 3.32. The normalized spacial score (nSPS) is 21.2. The van der Waals surface area contributed by atoms with E-state index in [-0.39, 0.29) is 5.41 Å². The topological polar surface area (TPSA) is 3.24 Å². The molecule has 0 saturated carbocycles. The molecule has 1 unspecified atom stereocenters. The number of hydrogen-bond acceptors (Lipinski definition) is 1. The number of likely N-dealkylation sites (tertiary alicyclic amines) is 1. The molecule has 0 bridgehead atoms. The summed E-state index contributed by atoms with van der Waals surface area (Å²) in [5.74, 6) is 0.973. The smallest absolute Gasteiger partial charge is 0.00218 e. The van der Waals surface area contributed by atoms with Crippen LogP contribution in [0, 0.1) is 5.92 Å². The van der Waals surface area contributed by atoms with Gasteiger partial charge in [0.05, 0.1) is 0 Å². The van der Waals surface area contributed by atoms with Gasteiger partial charge in [-0.3, -0.25) is 0 Å². The Labute approximate surface area is 131 Å². The quantitative estimate of drug-likeness (QED) is 0.750. The van der Waals surface area contributed by atoms with Gasteiger partial charge in [-0.2, -0.15) is 0 Å². The standard InChI is InChI=1S/C20H33N/c1-5-17-7-6-14-21(15-12-17)16-13-18-8-10-19(11-9-18)20(2,3)4/h8-11,17H,5-7,12-16H2,1-4H3. The second kappa shape index (κ2) is 7.45. The van der Waals surface area contributed by atoms with Gasteiger partial charge >= 0.3 is 0 Å². The van der Waals surface area contributed by atoms with Gasteiger partial charge in [0.2, 0.25) is 0 Å². The molecule has 21 heavy (non-hydrogen) atoms. The molecule has 1 heterocycles. The highest BCUT2D eigenvalue weighted by atomic mass is 15.1. The van der Waals surface area contributed by atoms with Crippen LogP contribution in [0.1, 0.15) is 64.5 Å². The molecule has 0 N–H and O–H groups in total. The van der Waals surface area contributed by atoms with E-state index in [1.807, 2.05) is 0 Å². The van der Waals surface area contributed by atoms with E-state index in [9.17, 15) is 0 Å². The Morgan fingerprint density at radius 3 is 2.38 bits per heavy atom. The van der Waals surface area contributed by atoms with Crippen molar-refractivity contribution in [3.05, 3.63) is 35.4 Å². The number of nitrogens with zero attached hydrogens (tertiary/aromatic N) is 1. The predicted molar refractivity (Wildman–Crippen MR) is 92.9 cm³/mol. The summed E-state index contributed by atoms with van der Waals surface area (Å²) in [5.41, 5.74) is 3.18. The zero-order valence-corrected chi connectivity index (χ0v) is 14.5. The van der Waals surface area contributed by atoms with Crippen LogP contribution in [0.25, 0.3) is 0 Å². The van der Waals surface area contributed by atoms with Crippen LogP contribution in [0.15, 0.2) is 24.3 Å². The van der Waals surface area contributed by atoms with Crippen molar-refractivity contribution in [2.75, 3.05) is 19.6 Å². The van der Waals surface area contributed by atoms with Crippen LogP contribution < -0.4 is 0 Å². The minimum atomic E-state index is 0.262. The maximum atomic E-state index is 2.67. The average Bonchev–Trinajstić information content (AvgIpc) is 2.69. The highest BCUT2D eigenvalue weighted by molar-refractivity contribution is 5.27. The summed E-state index contributed by atoms with van der Waals surface area (Å²) in [4.78, 5) is 2.67. The van der Waals surface area contributed by atoms with Crippen molar-refractivity contribution >= 4 is 0 Å². The maximum absolute atomic E-state index is 2.67. The van der Waals surface area contributed by atoms with Gasteiger partial charge in [0, 0.05) is 6.54 Å². The Balaban J connectivity index is 1.83. The molecular formula is C20H33N. The molecule has 1 aliphatic heterocycles. The van der Waals surface area contributed by atoms with Crippen molar-refractivity contribution < 1.29 is 0 Å². The zero-order valence-electron chi connectivity index (χ0n) is 14.5. The van der Waals surface area contributed by atoms with Gasteiger partial charge in [-0.25, -0.2) is 0 Å². The second-order valence-corrected chi connectivity index (χ2v) is 7.74. The molecule has 2 rings (SSSR count). The zero-order chi connectivity index (χ0) is 15.3. The molecule has 1 aromatic carbocycles. The molecule has 1 atom stereocenters. The maximum Gasteiger partial charge on any atom is 0.00218 e. The summed E-state index contributed by atoms with van der Waals surface area (Å²) in [5, 5.41) is 0. The van der Waals surface area contributed by atoms with Crippen molar-refractivity contribution in [3.8, 4) is 0 Å². The summed E-state index contributed by atoms with van der Waals surface area (Å²) in [6.07, 6.45) is 6.79. The van der Waals surface area contributed by atoms with Gasteiger partial charge in [0.15, 0.2) is 0 Å². The molecule has 1 nitrogen and oxygen atoms in total. The molecule has 0 amide bonds. The minimum Gasteiger partial charge on any atom is -0.303 e. The average molecular weight is 287 g/mol. The van der Waals surface area contributed by atoms with Crippen molar-refractivity contribution in [1.29, 1.82) is 0 Å². The lowest BCUT2D eigenvalue weighted by molar-refractivity contribution is 0.283.